The van der Waals surface area contributed by atoms with Crippen LogP contribution in [-0.4, -0.2) is 39.0 Å². The van der Waals surface area contributed by atoms with Crippen LogP contribution in [0.4, 0.5) is 5.69 Å². The summed E-state index contributed by atoms with van der Waals surface area (Å²) in [5.41, 5.74) is 1.69. The lowest BCUT2D eigenvalue weighted by Gasteiger charge is -2.12. The SMILES string of the molecule is CC(=O)c1cc2c(cc1NC(=O)CSc1nnc(Cc3cccs3)n1-c1ccccc1)OCO2. The molecular formula is C24H20N4O4S2. The number of ether oxygens (including phenoxy) is 2. The molecule has 1 aliphatic rings. The zero-order valence-corrected chi connectivity index (χ0v) is 19.8. The minimum absolute atomic E-state index is 0.0862. The molecule has 0 unspecified atom stereocenters. The zero-order valence-electron chi connectivity index (χ0n) is 18.2. The monoisotopic (exact) mass is 492 g/mol. The Labute approximate surface area is 203 Å². The van der Waals surface area contributed by atoms with Crippen LogP contribution in [0.15, 0.2) is 65.1 Å². The van der Waals surface area contributed by atoms with E-state index in [0.29, 0.717) is 34.3 Å². The second-order valence-corrected chi connectivity index (χ2v) is 9.44. The van der Waals surface area contributed by atoms with Gasteiger partial charge in [-0.15, -0.1) is 21.5 Å². The lowest BCUT2D eigenvalue weighted by Crippen LogP contribution is -2.16. The maximum atomic E-state index is 12.8. The van der Waals surface area contributed by atoms with Gasteiger partial charge in [-0.2, -0.15) is 0 Å². The number of carbonyl (C=O) groups is 2. The number of aromatic nitrogens is 3. The van der Waals surface area contributed by atoms with E-state index in [1.165, 1.54) is 23.6 Å². The van der Waals surface area contributed by atoms with E-state index in [1.54, 1.807) is 23.5 Å². The third-order valence-corrected chi connectivity index (χ3v) is 6.93. The molecule has 0 radical (unpaired) electrons. The molecular weight excluding hydrogens is 472 g/mol. The Morgan fingerprint density at radius 3 is 2.62 bits per heavy atom. The van der Waals surface area contributed by atoms with Crippen LogP contribution in [-0.2, 0) is 11.2 Å². The molecule has 1 aliphatic heterocycles. The van der Waals surface area contributed by atoms with Gasteiger partial charge >= 0.3 is 0 Å². The maximum Gasteiger partial charge on any atom is 0.234 e. The number of carbonyl (C=O) groups excluding carboxylic acids is 2. The van der Waals surface area contributed by atoms with Gasteiger partial charge in [-0.3, -0.25) is 14.2 Å². The summed E-state index contributed by atoms with van der Waals surface area (Å²) in [6.07, 6.45) is 0.644. The maximum absolute atomic E-state index is 12.8. The van der Waals surface area contributed by atoms with Gasteiger partial charge < -0.3 is 14.8 Å². The van der Waals surface area contributed by atoms with Crippen LogP contribution in [0.2, 0.25) is 0 Å². The summed E-state index contributed by atoms with van der Waals surface area (Å²) < 4.78 is 12.7. The Morgan fingerprint density at radius 1 is 1.09 bits per heavy atom. The van der Waals surface area contributed by atoms with E-state index in [-0.39, 0.29) is 24.2 Å². The number of amides is 1. The Morgan fingerprint density at radius 2 is 1.88 bits per heavy atom. The smallest absolute Gasteiger partial charge is 0.234 e. The molecule has 3 heterocycles. The van der Waals surface area contributed by atoms with Gasteiger partial charge in [0.1, 0.15) is 5.82 Å². The van der Waals surface area contributed by atoms with Crippen molar-refractivity contribution in [3.8, 4) is 17.2 Å². The molecule has 0 saturated carbocycles. The van der Waals surface area contributed by atoms with Crippen LogP contribution < -0.4 is 14.8 Å². The first-order valence-corrected chi connectivity index (χ1v) is 12.3. The molecule has 0 fully saturated rings. The van der Waals surface area contributed by atoms with Gasteiger partial charge in [0.25, 0.3) is 0 Å². The van der Waals surface area contributed by atoms with E-state index < -0.39 is 0 Å². The standard InChI is InChI=1S/C24H20N4O4S2/c1-15(29)18-11-20-21(32-14-31-20)12-19(18)25-23(30)13-34-24-27-26-22(10-17-8-5-9-33-17)28(24)16-6-3-2-4-7-16/h2-9,11-12H,10,13-14H2,1H3,(H,25,30). The second kappa shape index (κ2) is 9.70. The molecule has 0 aliphatic carbocycles. The molecule has 2 aromatic carbocycles. The van der Waals surface area contributed by atoms with E-state index in [0.717, 1.165) is 11.5 Å². The number of thioether (sulfide) groups is 1. The largest absolute Gasteiger partial charge is 0.454 e. The number of thiophene rings is 1. The summed E-state index contributed by atoms with van der Waals surface area (Å²) in [5, 5.41) is 14.2. The number of fused-ring (bicyclic) bond motifs is 1. The molecule has 4 aromatic rings. The average molecular weight is 493 g/mol. The predicted molar refractivity (Wildman–Crippen MR) is 130 cm³/mol. The third kappa shape index (κ3) is 4.68. The molecule has 34 heavy (non-hydrogen) atoms. The fourth-order valence-electron chi connectivity index (χ4n) is 3.57. The first-order valence-electron chi connectivity index (χ1n) is 10.5. The van der Waals surface area contributed by atoms with Gasteiger partial charge in [0.15, 0.2) is 22.4 Å². The quantitative estimate of drug-likeness (QED) is 0.284. The van der Waals surface area contributed by atoms with Crippen molar-refractivity contribution in [1.82, 2.24) is 14.8 Å². The minimum atomic E-state index is -0.270. The molecule has 2 aromatic heterocycles. The van der Waals surface area contributed by atoms with E-state index in [4.69, 9.17) is 9.47 Å². The van der Waals surface area contributed by atoms with Gasteiger partial charge in [-0.05, 0) is 36.6 Å². The van der Waals surface area contributed by atoms with Crippen molar-refractivity contribution < 1.29 is 19.1 Å². The molecule has 1 N–H and O–H groups in total. The highest BCUT2D eigenvalue weighted by atomic mass is 32.2. The number of nitrogens with one attached hydrogen (secondary N) is 1. The van der Waals surface area contributed by atoms with Crippen LogP contribution in [0.1, 0.15) is 28.0 Å². The number of anilines is 1. The number of Topliss-reactive ketones (excluding diaryl/α,β-unsaturated/α-hetero) is 1. The number of ketones is 1. The number of rotatable bonds is 8. The molecule has 5 rings (SSSR count). The first-order chi connectivity index (χ1) is 16.6. The molecule has 8 nitrogen and oxygen atoms in total. The molecule has 0 bridgehead atoms. The summed E-state index contributed by atoms with van der Waals surface area (Å²) in [6, 6.07) is 17.1. The molecule has 0 atom stereocenters. The van der Waals surface area contributed by atoms with Crippen LogP contribution in [0.3, 0.4) is 0 Å². The van der Waals surface area contributed by atoms with Crippen LogP contribution >= 0.6 is 23.1 Å². The summed E-state index contributed by atoms with van der Waals surface area (Å²) >= 11 is 2.95. The van der Waals surface area contributed by atoms with Crippen molar-refractivity contribution in [3.05, 3.63) is 76.2 Å². The number of hydrogen-bond acceptors (Lipinski definition) is 8. The average Bonchev–Trinajstić information content (AvgIpc) is 3.59. The van der Waals surface area contributed by atoms with E-state index in [9.17, 15) is 9.59 Å². The molecule has 0 saturated heterocycles. The fourth-order valence-corrected chi connectivity index (χ4v) is 5.04. The fraction of sp³-hybridized carbons (Fsp3) is 0.167. The third-order valence-electron chi connectivity index (χ3n) is 5.13. The second-order valence-electron chi connectivity index (χ2n) is 7.47. The van der Waals surface area contributed by atoms with Gasteiger partial charge in [-0.1, -0.05) is 36.0 Å². The van der Waals surface area contributed by atoms with Crippen LogP contribution in [0.25, 0.3) is 5.69 Å². The number of para-hydroxylation sites is 1. The highest BCUT2D eigenvalue weighted by Crippen LogP contribution is 2.37. The van der Waals surface area contributed by atoms with Crippen molar-refractivity contribution in [2.24, 2.45) is 0 Å². The van der Waals surface area contributed by atoms with Gasteiger partial charge in [0.2, 0.25) is 12.7 Å². The summed E-state index contributed by atoms with van der Waals surface area (Å²) in [6.45, 7) is 1.53. The van der Waals surface area contributed by atoms with Gasteiger partial charge in [0, 0.05) is 28.6 Å². The molecule has 0 spiro atoms. The van der Waals surface area contributed by atoms with Gasteiger partial charge in [0.05, 0.1) is 11.4 Å². The van der Waals surface area contributed by atoms with Crippen LogP contribution in [0, 0.1) is 0 Å². The first kappa shape index (κ1) is 22.2. The lowest BCUT2D eigenvalue weighted by atomic mass is 10.1. The molecule has 1 amide bonds. The normalized spacial score (nSPS) is 12.0. The Bertz CT molecular complexity index is 1340. The topological polar surface area (TPSA) is 95.3 Å². The van der Waals surface area contributed by atoms with Crippen molar-refractivity contribution in [2.75, 3.05) is 17.9 Å². The molecule has 172 valence electrons. The van der Waals surface area contributed by atoms with E-state index >= 15 is 0 Å². The summed E-state index contributed by atoms with van der Waals surface area (Å²) in [5.74, 6) is 1.43. The van der Waals surface area contributed by atoms with Crippen LogP contribution in [0.5, 0.6) is 11.5 Å². The van der Waals surface area contributed by atoms with E-state index in [2.05, 4.69) is 21.6 Å². The summed E-state index contributed by atoms with van der Waals surface area (Å²) in [4.78, 5) is 26.1. The Balaban J connectivity index is 1.35. The Kier molecular flexibility index (Phi) is 6.33. The number of hydrogen-bond donors (Lipinski definition) is 1. The zero-order chi connectivity index (χ0) is 23.5. The number of nitrogens with zero attached hydrogens (tertiary/aromatic N) is 3. The highest BCUT2D eigenvalue weighted by Gasteiger charge is 2.21. The lowest BCUT2D eigenvalue weighted by molar-refractivity contribution is -0.113. The predicted octanol–water partition coefficient (Wildman–Crippen LogP) is 4.58. The van der Waals surface area contributed by atoms with Gasteiger partial charge in [-0.25, -0.2) is 0 Å². The van der Waals surface area contributed by atoms with Crippen molar-refractivity contribution in [1.29, 1.82) is 0 Å². The highest BCUT2D eigenvalue weighted by molar-refractivity contribution is 7.99. The Hall–Kier alpha value is -3.63. The summed E-state index contributed by atoms with van der Waals surface area (Å²) in [7, 11) is 0. The van der Waals surface area contributed by atoms with Crippen molar-refractivity contribution in [3.63, 3.8) is 0 Å². The molecule has 10 heteroatoms. The number of benzene rings is 2. The minimum Gasteiger partial charge on any atom is -0.454 e. The van der Waals surface area contributed by atoms with Crippen molar-refractivity contribution in [2.45, 2.75) is 18.5 Å². The van der Waals surface area contributed by atoms with Crippen molar-refractivity contribution >= 4 is 40.5 Å². The van der Waals surface area contributed by atoms with E-state index in [1.807, 2.05) is 46.3 Å².